The Kier molecular flexibility index (Phi) is 5.98. The van der Waals surface area contributed by atoms with E-state index >= 15 is 0 Å². The van der Waals surface area contributed by atoms with E-state index in [-0.39, 0.29) is 6.61 Å². The molecule has 2 N–H and O–H groups in total. The van der Waals surface area contributed by atoms with E-state index in [9.17, 15) is 5.11 Å². The SMILES string of the molecule is OC(CNCc1ccncc1)COc1cccc(Br)c1. The highest BCUT2D eigenvalue weighted by Gasteiger charge is 2.05. The van der Waals surface area contributed by atoms with Crippen molar-refractivity contribution in [3.63, 3.8) is 0 Å². The van der Waals surface area contributed by atoms with Gasteiger partial charge in [-0.3, -0.25) is 4.98 Å². The summed E-state index contributed by atoms with van der Waals surface area (Å²) in [5.74, 6) is 0.743. The maximum absolute atomic E-state index is 9.85. The molecule has 2 aromatic rings. The summed E-state index contributed by atoms with van der Waals surface area (Å²) in [4.78, 5) is 3.96. The van der Waals surface area contributed by atoms with E-state index in [4.69, 9.17) is 4.74 Å². The van der Waals surface area contributed by atoms with Crippen LogP contribution < -0.4 is 10.1 Å². The normalized spacial score (nSPS) is 12.1. The first-order chi connectivity index (χ1) is 9.74. The van der Waals surface area contributed by atoms with Crippen molar-refractivity contribution in [2.24, 2.45) is 0 Å². The van der Waals surface area contributed by atoms with Crippen molar-refractivity contribution < 1.29 is 9.84 Å². The van der Waals surface area contributed by atoms with Crippen LogP contribution in [-0.2, 0) is 6.54 Å². The van der Waals surface area contributed by atoms with E-state index in [0.29, 0.717) is 13.1 Å². The van der Waals surface area contributed by atoms with Gasteiger partial charge in [0.2, 0.25) is 0 Å². The van der Waals surface area contributed by atoms with Crippen molar-refractivity contribution in [3.05, 3.63) is 58.8 Å². The molecule has 0 amide bonds. The summed E-state index contributed by atoms with van der Waals surface area (Å²) in [6.07, 6.45) is 2.96. The van der Waals surface area contributed by atoms with Crippen LogP contribution in [0.2, 0.25) is 0 Å². The number of aromatic nitrogens is 1. The van der Waals surface area contributed by atoms with E-state index < -0.39 is 6.10 Å². The van der Waals surface area contributed by atoms with Gasteiger partial charge in [-0.05, 0) is 35.9 Å². The Morgan fingerprint density at radius 1 is 1.25 bits per heavy atom. The monoisotopic (exact) mass is 336 g/mol. The molecular weight excluding hydrogens is 320 g/mol. The van der Waals surface area contributed by atoms with Crippen molar-refractivity contribution in [1.82, 2.24) is 10.3 Å². The van der Waals surface area contributed by atoms with Crippen LogP contribution in [0.5, 0.6) is 5.75 Å². The molecular formula is C15H17BrN2O2. The summed E-state index contributed by atoms with van der Waals surface area (Å²) in [6, 6.07) is 11.4. The van der Waals surface area contributed by atoms with Gasteiger partial charge in [0, 0.05) is 30.0 Å². The van der Waals surface area contributed by atoms with Crippen molar-refractivity contribution in [1.29, 1.82) is 0 Å². The van der Waals surface area contributed by atoms with Crippen LogP contribution in [0.15, 0.2) is 53.3 Å². The molecule has 1 aromatic carbocycles. The minimum Gasteiger partial charge on any atom is -0.491 e. The molecule has 0 aliphatic rings. The number of rotatable bonds is 7. The number of pyridine rings is 1. The second kappa shape index (κ2) is 7.99. The van der Waals surface area contributed by atoms with Crippen molar-refractivity contribution >= 4 is 15.9 Å². The molecule has 0 saturated heterocycles. The quantitative estimate of drug-likeness (QED) is 0.815. The zero-order chi connectivity index (χ0) is 14.2. The van der Waals surface area contributed by atoms with E-state index in [1.165, 1.54) is 0 Å². The Balaban J connectivity index is 1.67. The molecule has 0 saturated carbocycles. The maximum Gasteiger partial charge on any atom is 0.120 e. The maximum atomic E-state index is 9.85. The molecule has 20 heavy (non-hydrogen) atoms. The van der Waals surface area contributed by atoms with Gasteiger partial charge in [-0.1, -0.05) is 22.0 Å². The first-order valence-corrected chi connectivity index (χ1v) is 7.19. The summed E-state index contributed by atoms with van der Waals surface area (Å²) in [7, 11) is 0. The highest BCUT2D eigenvalue weighted by atomic mass is 79.9. The van der Waals surface area contributed by atoms with E-state index in [0.717, 1.165) is 15.8 Å². The van der Waals surface area contributed by atoms with Gasteiger partial charge in [0.15, 0.2) is 0 Å². The van der Waals surface area contributed by atoms with Gasteiger partial charge in [-0.25, -0.2) is 0 Å². The number of ether oxygens (including phenoxy) is 1. The molecule has 1 atom stereocenters. The molecule has 0 radical (unpaired) electrons. The number of nitrogens with one attached hydrogen (secondary N) is 1. The fourth-order valence-corrected chi connectivity index (χ4v) is 2.07. The van der Waals surface area contributed by atoms with Crippen LogP contribution in [-0.4, -0.2) is 29.3 Å². The zero-order valence-electron chi connectivity index (χ0n) is 11.0. The number of nitrogens with zero attached hydrogens (tertiary/aromatic N) is 1. The first-order valence-electron chi connectivity index (χ1n) is 6.40. The fourth-order valence-electron chi connectivity index (χ4n) is 1.69. The summed E-state index contributed by atoms with van der Waals surface area (Å²) in [5, 5.41) is 13.0. The predicted octanol–water partition coefficient (Wildman–Crippen LogP) is 2.37. The van der Waals surface area contributed by atoms with Gasteiger partial charge in [-0.2, -0.15) is 0 Å². The Morgan fingerprint density at radius 3 is 2.80 bits per heavy atom. The number of hydrogen-bond acceptors (Lipinski definition) is 4. The lowest BCUT2D eigenvalue weighted by Gasteiger charge is -2.13. The molecule has 0 aliphatic heterocycles. The van der Waals surface area contributed by atoms with Gasteiger partial charge in [-0.15, -0.1) is 0 Å². The average Bonchev–Trinajstić information content (AvgIpc) is 2.46. The van der Waals surface area contributed by atoms with Crippen LogP contribution in [0.1, 0.15) is 5.56 Å². The number of benzene rings is 1. The Hall–Kier alpha value is -1.43. The second-order valence-electron chi connectivity index (χ2n) is 4.41. The third kappa shape index (κ3) is 5.28. The minimum absolute atomic E-state index is 0.264. The lowest BCUT2D eigenvalue weighted by Crippen LogP contribution is -2.31. The predicted molar refractivity (Wildman–Crippen MR) is 81.6 cm³/mol. The number of aliphatic hydroxyl groups is 1. The summed E-state index contributed by atoms with van der Waals surface area (Å²) < 4.78 is 6.48. The highest BCUT2D eigenvalue weighted by Crippen LogP contribution is 2.17. The zero-order valence-corrected chi connectivity index (χ0v) is 12.6. The topological polar surface area (TPSA) is 54.4 Å². The third-order valence-corrected chi connectivity index (χ3v) is 3.19. The Morgan fingerprint density at radius 2 is 2.05 bits per heavy atom. The van der Waals surface area contributed by atoms with Gasteiger partial charge >= 0.3 is 0 Å². The lowest BCUT2D eigenvalue weighted by atomic mass is 10.2. The molecule has 106 valence electrons. The average molecular weight is 337 g/mol. The summed E-state index contributed by atoms with van der Waals surface area (Å²) in [6.45, 7) is 1.45. The smallest absolute Gasteiger partial charge is 0.120 e. The summed E-state index contributed by atoms with van der Waals surface area (Å²) >= 11 is 3.38. The van der Waals surface area contributed by atoms with E-state index in [2.05, 4.69) is 26.2 Å². The van der Waals surface area contributed by atoms with Crippen LogP contribution in [0.3, 0.4) is 0 Å². The van der Waals surface area contributed by atoms with Crippen LogP contribution in [0, 0.1) is 0 Å². The van der Waals surface area contributed by atoms with Crippen molar-refractivity contribution in [3.8, 4) is 5.75 Å². The summed E-state index contributed by atoms with van der Waals surface area (Å²) in [5.41, 5.74) is 1.14. The molecule has 1 unspecified atom stereocenters. The molecule has 0 aliphatic carbocycles. The second-order valence-corrected chi connectivity index (χ2v) is 5.32. The molecule has 5 heteroatoms. The Bertz CT molecular complexity index is 522. The van der Waals surface area contributed by atoms with Crippen molar-refractivity contribution in [2.45, 2.75) is 12.6 Å². The van der Waals surface area contributed by atoms with Crippen LogP contribution in [0.25, 0.3) is 0 Å². The Labute approximate surface area is 126 Å². The number of halogens is 1. The molecule has 0 spiro atoms. The van der Waals surface area contributed by atoms with Gasteiger partial charge in [0.05, 0.1) is 0 Å². The van der Waals surface area contributed by atoms with Gasteiger partial charge in [0.25, 0.3) is 0 Å². The highest BCUT2D eigenvalue weighted by molar-refractivity contribution is 9.10. The number of hydrogen-bond donors (Lipinski definition) is 2. The molecule has 0 bridgehead atoms. The third-order valence-electron chi connectivity index (χ3n) is 2.70. The van der Waals surface area contributed by atoms with E-state index in [1.54, 1.807) is 12.4 Å². The fraction of sp³-hybridized carbons (Fsp3) is 0.267. The largest absolute Gasteiger partial charge is 0.491 e. The lowest BCUT2D eigenvalue weighted by molar-refractivity contribution is 0.106. The van der Waals surface area contributed by atoms with Crippen molar-refractivity contribution in [2.75, 3.05) is 13.2 Å². The molecule has 2 rings (SSSR count). The molecule has 0 fully saturated rings. The first kappa shape index (κ1) is 15.0. The molecule has 1 aromatic heterocycles. The van der Waals surface area contributed by atoms with Crippen LogP contribution in [0.4, 0.5) is 0 Å². The standard InChI is InChI=1S/C15H17BrN2O2/c16-13-2-1-3-15(8-13)20-11-14(19)10-18-9-12-4-6-17-7-5-12/h1-8,14,18-19H,9-11H2. The van der Waals surface area contributed by atoms with Crippen LogP contribution >= 0.6 is 15.9 Å². The molecule has 4 nitrogen and oxygen atoms in total. The minimum atomic E-state index is -0.546. The van der Waals surface area contributed by atoms with Gasteiger partial charge < -0.3 is 15.2 Å². The number of aliphatic hydroxyl groups excluding tert-OH is 1. The van der Waals surface area contributed by atoms with E-state index in [1.807, 2.05) is 36.4 Å². The van der Waals surface area contributed by atoms with Gasteiger partial charge in [0.1, 0.15) is 18.5 Å². The molecule has 1 heterocycles.